The number of anilines is 1. The summed E-state index contributed by atoms with van der Waals surface area (Å²) in [7, 11) is 0. The van der Waals surface area contributed by atoms with Crippen LogP contribution in [0.5, 0.6) is 0 Å². The lowest BCUT2D eigenvalue weighted by Gasteiger charge is -2.16. The summed E-state index contributed by atoms with van der Waals surface area (Å²) in [5.41, 5.74) is 4.62. The van der Waals surface area contributed by atoms with Crippen molar-refractivity contribution >= 4 is 22.6 Å². The molecule has 2 aromatic carbocycles. The predicted octanol–water partition coefficient (Wildman–Crippen LogP) is 2.84. The number of hydrogen-bond acceptors (Lipinski definition) is 4. The van der Waals surface area contributed by atoms with Gasteiger partial charge in [0.15, 0.2) is 5.69 Å². The van der Waals surface area contributed by atoms with Gasteiger partial charge < -0.3 is 20.2 Å². The molecule has 5 rings (SSSR count). The number of halogens is 1. The molecule has 0 spiro atoms. The van der Waals surface area contributed by atoms with Crippen LogP contribution in [0.1, 0.15) is 27.6 Å². The second kappa shape index (κ2) is 7.14. The second-order valence-electron chi connectivity index (χ2n) is 7.08. The van der Waals surface area contributed by atoms with E-state index in [1.54, 1.807) is 18.5 Å². The minimum Gasteiger partial charge on any atom is -0.342 e. The molecule has 0 bridgehead atoms. The third-order valence-corrected chi connectivity index (χ3v) is 5.06. The van der Waals surface area contributed by atoms with Gasteiger partial charge in [-0.2, -0.15) is 0 Å². The normalized spacial score (nSPS) is 13.4. The van der Waals surface area contributed by atoms with Gasteiger partial charge in [0.2, 0.25) is 0 Å². The monoisotopic (exact) mass is 390 g/mol. The Labute approximate surface area is 166 Å². The number of nitrogens with zero attached hydrogens (tertiary/aromatic N) is 3. The Hall–Kier alpha value is -3.52. The molecular weight excluding hydrogens is 371 g/mol. The van der Waals surface area contributed by atoms with Crippen molar-refractivity contribution in [2.45, 2.75) is 19.5 Å². The number of aromatic nitrogens is 4. The van der Waals surface area contributed by atoms with Crippen LogP contribution in [0.4, 0.5) is 10.1 Å². The number of hydrogen-bond donors (Lipinski definition) is 3. The van der Waals surface area contributed by atoms with Gasteiger partial charge in [-0.25, -0.2) is 14.4 Å². The number of carbonyl (C=O) groups excluding carboxylic acids is 1. The fourth-order valence-corrected chi connectivity index (χ4v) is 3.59. The maximum Gasteiger partial charge on any atom is 0.276 e. The van der Waals surface area contributed by atoms with Crippen LogP contribution in [0.2, 0.25) is 0 Å². The van der Waals surface area contributed by atoms with Crippen molar-refractivity contribution in [1.29, 1.82) is 0 Å². The molecule has 3 heterocycles. The van der Waals surface area contributed by atoms with Gasteiger partial charge in [0.25, 0.3) is 5.91 Å². The minimum absolute atomic E-state index is 0.229. The van der Waals surface area contributed by atoms with E-state index in [9.17, 15) is 9.18 Å². The Balaban J connectivity index is 1.35. The zero-order valence-corrected chi connectivity index (χ0v) is 15.6. The Morgan fingerprint density at radius 2 is 2.07 bits per heavy atom. The molecule has 0 atom stereocenters. The Morgan fingerprint density at radius 3 is 2.93 bits per heavy atom. The zero-order valence-electron chi connectivity index (χ0n) is 15.6. The number of aromatic amines is 1. The maximum absolute atomic E-state index is 13.1. The molecule has 1 aliphatic rings. The van der Waals surface area contributed by atoms with Crippen molar-refractivity contribution in [2.75, 3.05) is 11.9 Å². The lowest BCUT2D eigenvalue weighted by molar-refractivity contribution is 0.102. The first-order valence-corrected chi connectivity index (χ1v) is 9.45. The molecule has 0 unspecified atom stereocenters. The zero-order chi connectivity index (χ0) is 19.8. The van der Waals surface area contributed by atoms with Gasteiger partial charge in [0.05, 0.1) is 23.1 Å². The van der Waals surface area contributed by atoms with E-state index in [1.165, 1.54) is 12.1 Å². The molecule has 0 saturated heterocycles. The Bertz CT molecular complexity index is 1190. The number of imidazole rings is 2. The van der Waals surface area contributed by atoms with Crippen LogP contribution in [0.3, 0.4) is 0 Å². The third kappa shape index (κ3) is 3.50. The Kier molecular flexibility index (Phi) is 4.33. The van der Waals surface area contributed by atoms with Gasteiger partial charge >= 0.3 is 0 Å². The summed E-state index contributed by atoms with van der Waals surface area (Å²) in [6, 6.07) is 11.9. The van der Waals surface area contributed by atoms with Crippen LogP contribution in [0, 0.1) is 5.82 Å². The molecule has 0 saturated carbocycles. The number of fused-ring (bicyclic) bond motifs is 2. The van der Waals surface area contributed by atoms with E-state index in [-0.39, 0.29) is 11.7 Å². The highest BCUT2D eigenvalue weighted by molar-refractivity contribution is 6.04. The summed E-state index contributed by atoms with van der Waals surface area (Å²) in [5.74, 6) is 0.297. The van der Waals surface area contributed by atoms with E-state index in [0.717, 1.165) is 41.2 Å². The largest absolute Gasteiger partial charge is 0.342 e. The molecule has 29 heavy (non-hydrogen) atoms. The molecule has 3 N–H and O–H groups in total. The fourth-order valence-electron chi connectivity index (χ4n) is 3.59. The van der Waals surface area contributed by atoms with Crippen molar-refractivity contribution in [3.63, 3.8) is 0 Å². The van der Waals surface area contributed by atoms with Gasteiger partial charge in [-0.3, -0.25) is 4.79 Å². The van der Waals surface area contributed by atoms with E-state index in [2.05, 4.69) is 25.6 Å². The second-order valence-corrected chi connectivity index (χ2v) is 7.08. The van der Waals surface area contributed by atoms with Crippen molar-refractivity contribution in [2.24, 2.45) is 0 Å². The number of rotatable bonds is 4. The predicted molar refractivity (Wildman–Crippen MR) is 107 cm³/mol. The molecule has 8 heteroatoms. The SMILES string of the molecule is O=C(Nc1ccc2nc(Cc3ccc(F)cc3)[nH]c2c1)c1ncn2c1CNCC2. The quantitative estimate of drug-likeness (QED) is 0.500. The van der Waals surface area contributed by atoms with Gasteiger partial charge in [-0.05, 0) is 35.9 Å². The summed E-state index contributed by atoms with van der Waals surface area (Å²) in [6.45, 7) is 2.32. The number of benzene rings is 2. The first kappa shape index (κ1) is 17.6. The van der Waals surface area contributed by atoms with E-state index in [1.807, 2.05) is 22.8 Å². The van der Waals surface area contributed by atoms with Crippen molar-refractivity contribution < 1.29 is 9.18 Å². The molecular formula is C21H19FN6O. The van der Waals surface area contributed by atoms with Gasteiger partial charge in [-0.15, -0.1) is 0 Å². The standard InChI is InChI=1S/C21H19FN6O/c22-14-3-1-13(2-4-14)9-19-26-16-6-5-15(10-17(16)27-19)25-21(29)20-18-11-23-7-8-28(18)12-24-20/h1-6,10,12,23H,7-9,11H2,(H,25,29)(H,26,27). The van der Waals surface area contributed by atoms with Crippen LogP contribution in [-0.4, -0.2) is 32.0 Å². The Morgan fingerprint density at radius 1 is 1.21 bits per heavy atom. The van der Waals surface area contributed by atoms with E-state index >= 15 is 0 Å². The molecule has 2 aromatic heterocycles. The maximum atomic E-state index is 13.1. The molecule has 146 valence electrons. The molecule has 1 aliphatic heterocycles. The highest BCUT2D eigenvalue weighted by atomic mass is 19.1. The molecule has 0 aliphatic carbocycles. The lowest BCUT2D eigenvalue weighted by Crippen LogP contribution is -2.29. The first-order valence-electron chi connectivity index (χ1n) is 9.45. The lowest BCUT2D eigenvalue weighted by atomic mass is 10.1. The smallest absolute Gasteiger partial charge is 0.276 e. The van der Waals surface area contributed by atoms with E-state index < -0.39 is 0 Å². The summed E-state index contributed by atoms with van der Waals surface area (Å²) in [6.07, 6.45) is 2.29. The summed E-state index contributed by atoms with van der Waals surface area (Å²) in [4.78, 5) is 24.8. The van der Waals surface area contributed by atoms with Crippen LogP contribution >= 0.6 is 0 Å². The van der Waals surface area contributed by atoms with Crippen LogP contribution in [0.15, 0.2) is 48.8 Å². The minimum atomic E-state index is -0.256. The van der Waals surface area contributed by atoms with Gasteiger partial charge in [0, 0.05) is 31.7 Å². The molecule has 4 aromatic rings. The average Bonchev–Trinajstić information content (AvgIpc) is 3.33. The van der Waals surface area contributed by atoms with Crippen molar-refractivity contribution in [3.8, 4) is 0 Å². The van der Waals surface area contributed by atoms with Crippen LogP contribution < -0.4 is 10.6 Å². The van der Waals surface area contributed by atoms with E-state index in [0.29, 0.717) is 24.3 Å². The number of amides is 1. The number of H-pyrrole nitrogens is 1. The average molecular weight is 390 g/mol. The molecule has 0 fully saturated rings. The fraction of sp³-hybridized carbons (Fsp3) is 0.190. The highest BCUT2D eigenvalue weighted by Gasteiger charge is 2.20. The third-order valence-electron chi connectivity index (χ3n) is 5.06. The van der Waals surface area contributed by atoms with Gasteiger partial charge in [0.1, 0.15) is 11.6 Å². The van der Waals surface area contributed by atoms with E-state index in [4.69, 9.17) is 0 Å². The summed E-state index contributed by atoms with van der Waals surface area (Å²) < 4.78 is 15.1. The number of nitrogens with one attached hydrogen (secondary N) is 3. The topological polar surface area (TPSA) is 87.6 Å². The van der Waals surface area contributed by atoms with Crippen molar-refractivity contribution in [1.82, 2.24) is 24.8 Å². The van der Waals surface area contributed by atoms with Crippen LogP contribution in [0.25, 0.3) is 11.0 Å². The molecule has 1 amide bonds. The van der Waals surface area contributed by atoms with Crippen molar-refractivity contribution in [3.05, 3.63) is 77.4 Å². The molecule has 7 nitrogen and oxygen atoms in total. The summed E-state index contributed by atoms with van der Waals surface area (Å²) >= 11 is 0. The molecule has 0 radical (unpaired) electrons. The van der Waals surface area contributed by atoms with Gasteiger partial charge in [-0.1, -0.05) is 12.1 Å². The first-order chi connectivity index (χ1) is 14.2. The highest BCUT2D eigenvalue weighted by Crippen LogP contribution is 2.20. The number of carbonyl (C=O) groups is 1. The summed E-state index contributed by atoms with van der Waals surface area (Å²) in [5, 5.41) is 6.18. The van der Waals surface area contributed by atoms with Crippen LogP contribution in [-0.2, 0) is 19.5 Å².